The molecule has 38 heavy (non-hydrogen) atoms. The Morgan fingerprint density at radius 1 is 0.711 bits per heavy atom. The van der Waals surface area contributed by atoms with Crippen LogP contribution in [-0.2, 0) is 18.9 Å². The highest BCUT2D eigenvalue weighted by Gasteiger charge is 2.55. The molecule has 2 N–H and O–H groups in total. The predicted molar refractivity (Wildman–Crippen MR) is 157 cm³/mol. The second kappa shape index (κ2) is 10.8. The molecule has 0 saturated carbocycles. The van der Waals surface area contributed by atoms with Gasteiger partial charge in [0, 0.05) is 9.65 Å². The number of rotatable bonds is 4. The van der Waals surface area contributed by atoms with Crippen LogP contribution in [0.25, 0.3) is 0 Å². The van der Waals surface area contributed by atoms with E-state index in [0.29, 0.717) is 24.1 Å². The fourth-order valence-corrected chi connectivity index (χ4v) is 7.76. The zero-order valence-corrected chi connectivity index (χ0v) is 28.0. The average molecular weight is 669 g/mol. The summed E-state index contributed by atoms with van der Waals surface area (Å²) in [5.41, 5.74) is -3.49. The molecule has 0 aliphatic carbocycles. The van der Waals surface area contributed by atoms with Crippen LogP contribution in [-0.4, -0.2) is 77.9 Å². The van der Waals surface area contributed by atoms with Gasteiger partial charge in [0.2, 0.25) is 0 Å². The van der Waals surface area contributed by atoms with Gasteiger partial charge in [-0.2, -0.15) is 0 Å². The largest absolute Gasteiger partial charge is 0.387 e. The third-order valence-corrected chi connectivity index (χ3v) is 13.4. The summed E-state index contributed by atoms with van der Waals surface area (Å²) in [4.78, 5) is 0.464. The van der Waals surface area contributed by atoms with E-state index in [2.05, 4.69) is 73.4 Å². The van der Waals surface area contributed by atoms with E-state index >= 15 is 0 Å². The van der Waals surface area contributed by atoms with Crippen LogP contribution in [0.15, 0.2) is 0 Å². The Morgan fingerprint density at radius 3 is 1.89 bits per heavy atom. The van der Waals surface area contributed by atoms with Gasteiger partial charge in [0.15, 0.2) is 0 Å². The number of alkyl halides is 2. The number of fused-ring (bicyclic) bond motifs is 2. The van der Waals surface area contributed by atoms with Crippen molar-refractivity contribution in [1.82, 2.24) is 0 Å². The molecule has 4 aliphatic rings. The van der Waals surface area contributed by atoms with Crippen molar-refractivity contribution < 1.29 is 29.2 Å². The van der Waals surface area contributed by atoms with Crippen molar-refractivity contribution >= 4 is 31.9 Å². The van der Waals surface area contributed by atoms with Crippen LogP contribution in [0.4, 0.5) is 0 Å². The third kappa shape index (κ3) is 6.38. The Hall–Kier alpha value is 0.720. The summed E-state index contributed by atoms with van der Waals surface area (Å²) in [6, 6.07) is 0. The first-order valence-electron chi connectivity index (χ1n) is 14.7. The second-order valence-electron chi connectivity index (χ2n) is 14.6. The van der Waals surface area contributed by atoms with Crippen LogP contribution in [0.2, 0.25) is 0 Å². The van der Waals surface area contributed by atoms with Crippen LogP contribution < -0.4 is 0 Å². The lowest BCUT2D eigenvalue weighted by Gasteiger charge is -2.49. The van der Waals surface area contributed by atoms with Crippen LogP contribution in [0.3, 0.4) is 0 Å². The van der Waals surface area contributed by atoms with Crippen molar-refractivity contribution in [3.8, 4) is 0 Å². The summed E-state index contributed by atoms with van der Waals surface area (Å²) in [5.74, 6) is 0. The van der Waals surface area contributed by atoms with E-state index in [4.69, 9.17) is 18.9 Å². The molecule has 0 aromatic carbocycles. The van der Waals surface area contributed by atoms with Gasteiger partial charge in [0.1, 0.15) is 0 Å². The molecule has 0 radical (unpaired) electrons. The highest BCUT2D eigenvalue weighted by atomic mass is 79.9. The fourth-order valence-electron chi connectivity index (χ4n) is 7.09. The SMILES string of the molecule is CC1(O)CCC(Br)C(C)(C)OC1CCC(C)(O)C1CCC2OC3(C)CCC(Br)C(C)(C)OC3CCC2(C)O1. The summed E-state index contributed by atoms with van der Waals surface area (Å²) < 4.78 is 26.8. The minimum Gasteiger partial charge on any atom is -0.387 e. The lowest BCUT2D eigenvalue weighted by molar-refractivity contribution is -0.261. The standard InChI is InChI=1S/C30H52Br2O6/c1-25(2)19(31)11-15-27(5,33)22(35-25)13-16-28(6,34)21-9-10-23-30(8,37-21)18-14-24-29(7,38-23)17-12-20(32)26(3,4)36-24/h19-24,33-34H,9-18H2,1-8H3. The Balaban J connectivity index is 1.44. The van der Waals surface area contributed by atoms with Gasteiger partial charge in [-0.25, -0.2) is 0 Å². The van der Waals surface area contributed by atoms with Crippen molar-refractivity contribution in [3.63, 3.8) is 0 Å². The first kappa shape index (κ1) is 31.7. The maximum atomic E-state index is 11.7. The Morgan fingerprint density at radius 2 is 1.24 bits per heavy atom. The Labute approximate surface area is 247 Å². The molecule has 4 fully saturated rings. The zero-order chi connectivity index (χ0) is 28.4. The molecular weight excluding hydrogens is 616 g/mol. The molecular formula is C30H52Br2O6. The Bertz CT molecular complexity index is 847. The molecule has 10 atom stereocenters. The van der Waals surface area contributed by atoms with Gasteiger partial charge in [-0.15, -0.1) is 0 Å². The molecule has 0 aromatic rings. The average Bonchev–Trinajstić information content (AvgIpc) is 3.01. The molecule has 0 spiro atoms. The van der Waals surface area contributed by atoms with Crippen molar-refractivity contribution in [1.29, 1.82) is 0 Å². The van der Waals surface area contributed by atoms with Gasteiger partial charge in [0.25, 0.3) is 0 Å². The summed E-state index contributed by atoms with van der Waals surface area (Å²) in [6.07, 6.45) is 7.08. The summed E-state index contributed by atoms with van der Waals surface area (Å²) >= 11 is 7.60. The van der Waals surface area contributed by atoms with E-state index in [1.54, 1.807) is 0 Å². The van der Waals surface area contributed by atoms with Crippen LogP contribution in [0.1, 0.15) is 120 Å². The van der Waals surface area contributed by atoms with E-state index < -0.39 is 22.4 Å². The molecule has 10 unspecified atom stereocenters. The fraction of sp³-hybridized carbons (Fsp3) is 1.00. The van der Waals surface area contributed by atoms with E-state index in [1.165, 1.54) is 0 Å². The molecule has 222 valence electrons. The normalized spacial score (nSPS) is 48.9. The van der Waals surface area contributed by atoms with Gasteiger partial charge in [-0.05, 0) is 120 Å². The molecule has 4 heterocycles. The number of hydrogen-bond donors (Lipinski definition) is 2. The minimum atomic E-state index is -1.04. The lowest BCUT2D eigenvalue weighted by Crippen LogP contribution is -2.57. The van der Waals surface area contributed by atoms with E-state index in [-0.39, 0.29) is 40.4 Å². The lowest BCUT2D eigenvalue weighted by atomic mass is 9.79. The molecule has 4 aliphatic heterocycles. The molecule has 8 heteroatoms. The maximum Gasteiger partial charge on any atom is 0.0921 e. The molecule has 0 aromatic heterocycles. The van der Waals surface area contributed by atoms with E-state index in [0.717, 1.165) is 44.9 Å². The van der Waals surface area contributed by atoms with Crippen molar-refractivity contribution in [3.05, 3.63) is 0 Å². The number of ether oxygens (including phenoxy) is 4. The van der Waals surface area contributed by atoms with Crippen molar-refractivity contribution in [2.24, 2.45) is 0 Å². The molecule has 4 saturated heterocycles. The smallest absolute Gasteiger partial charge is 0.0921 e. The van der Waals surface area contributed by atoms with Gasteiger partial charge in [0.05, 0.1) is 58.0 Å². The Kier molecular flexibility index (Phi) is 8.97. The topological polar surface area (TPSA) is 77.4 Å². The van der Waals surface area contributed by atoms with Crippen molar-refractivity contribution in [2.45, 2.75) is 187 Å². The van der Waals surface area contributed by atoms with Gasteiger partial charge in [-0.1, -0.05) is 31.9 Å². The van der Waals surface area contributed by atoms with Crippen LogP contribution in [0, 0.1) is 0 Å². The van der Waals surface area contributed by atoms with Gasteiger partial charge >= 0.3 is 0 Å². The number of aliphatic hydroxyl groups is 2. The first-order chi connectivity index (χ1) is 17.3. The second-order valence-corrected chi connectivity index (χ2v) is 16.9. The highest BCUT2D eigenvalue weighted by molar-refractivity contribution is 9.09. The quantitative estimate of drug-likeness (QED) is 0.330. The highest BCUT2D eigenvalue weighted by Crippen LogP contribution is 2.49. The molecule has 4 rings (SSSR count). The maximum absolute atomic E-state index is 11.7. The van der Waals surface area contributed by atoms with E-state index in [9.17, 15) is 10.2 Å². The molecule has 0 amide bonds. The van der Waals surface area contributed by atoms with Gasteiger partial charge < -0.3 is 29.2 Å². The minimum absolute atomic E-state index is 0.00117. The molecule has 0 bridgehead atoms. The first-order valence-corrected chi connectivity index (χ1v) is 16.6. The van der Waals surface area contributed by atoms with Crippen LogP contribution >= 0.6 is 31.9 Å². The molecule has 6 nitrogen and oxygen atoms in total. The summed E-state index contributed by atoms with van der Waals surface area (Å²) in [7, 11) is 0. The van der Waals surface area contributed by atoms with Crippen LogP contribution in [0.5, 0.6) is 0 Å². The monoisotopic (exact) mass is 666 g/mol. The van der Waals surface area contributed by atoms with Gasteiger partial charge in [-0.3, -0.25) is 0 Å². The van der Waals surface area contributed by atoms with Crippen molar-refractivity contribution in [2.75, 3.05) is 0 Å². The van der Waals surface area contributed by atoms with E-state index in [1.807, 2.05) is 13.8 Å². The summed E-state index contributed by atoms with van der Waals surface area (Å²) in [6.45, 7) is 16.6. The third-order valence-electron chi connectivity index (χ3n) is 10.3. The predicted octanol–water partition coefficient (Wildman–Crippen LogP) is 6.59. The number of halogens is 2. The summed E-state index contributed by atoms with van der Waals surface area (Å²) in [5, 5.41) is 22.9. The zero-order valence-electron chi connectivity index (χ0n) is 24.8. The number of hydrogen-bond acceptors (Lipinski definition) is 6.